The summed E-state index contributed by atoms with van der Waals surface area (Å²) in [5.41, 5.74) is 2.45. The number of fused-ring (bicyclic) bond motifs is 1. The molecule has 1 unspecified atom stereocenters. The number of amides is 2. The molecule has 1 aromatic heterocycles. The van der Waals surface area contributed by atoms with Crippen LogP contribution < -0.4 is 15.8 Å². The van der Waals surface area contributed by atoms with E-state index in [1.54, 1.807) is 29.2 Å². The Kier molecular flexibility index (Phi) is 4.77. The van der Waals surface area contributed by atoms with Crippen LogP contribution in [0.4, 0.5) is 11.4 Å². The topological polar surface area (TPSA) is 79.6 Å². The Morgan fingerprint density at radius 1 is 1.14 bits per heavy atom. The number of hydrogen-bond donors (Lipinski definition) is 1. The van der Waals surface area contributed by atoms with Gasteiger partial charge in [-0.05, 0) is 55.0 Å². The van der Waals surface area contributed by atoms with Crippen molar-refractivity contribution in [2.45, 2.75) is 13.3 Å². The summed E-state index contributed by atoms with van der Waals surface area (Å²) in [6.07, 6.45) is 0.170. The van der Waals surface area contributed by atoms with Crippen LogP contribution in [-0.2, 0) is 9.59 Å². The number of carbonyl (C=O) groups is 2. The summed E-state index contributed by atoms with van der Waals surface area (Å²) in [6.45, 7) is 2.30. The quantitative estimate of drug-likeness (QED) is 0.627. The number of benzene rings is 2. The first-order valence-electron chi connectivity index (χ1n) is 8.82. The van der Waals surface area contributed by atoms with Crippen molar-refractivity contribution in [1.29, 1.82) is 0 Å². The van der Waals surface area contributed by atoms with Crippen molar-refractivity contribution in [3.8, 4) is 0 Å². The minimum atomic E-state index is -0.430. The van der Waals surface area contributed by atoms with Gasteiger partial charge >= 0.3 is 5.63 Å². The fraction of sp³-hybridized carbons (Fsp3) is 0.190. The predicted molar refractivity (Wildman–Crippen MR) is 110 cm³/mol. The third kappa shape index (κ3) is 3.57. The van der Waals surface area contributed by atoms with E-state index in [2.05, 4.69) is 21.2 Å². The van der Waals surface area contributed by atoms with Crippen LogP contribution >= 0.6 is 15.9 Å². The van der Waals surface area contributed by atoms with Gasteiger partial charge in [0.25, 0.3) is 0 Å². The molecule has 1 aliphatic rings. The van der Waals surface area contributed by atoms with E-state index in [0.717, 1.165) is 15.7 Å². The molecule has 0 radical (unpaired) electrons. The number of halogens is 1. The van der Waals surface area contributed by atoms with Crippen LogP contribution in [0.2, 0.25) is 0 Å². The fourth-order valence-corrected chi connectivity index (χ4v) is 3.57. The van der Waals surface area contributed by atoms with Gasteiger partial charge in [0.1, 0.15) is 5.58 Å². The summed E-state index contributed by atoms with van der Waals surface area (Å²) < 4.78 is 6.07. The third-order valence-corrected chi connectivity index (χ3v) is 5.73. The second-order valence-electron chi connectivity index (χ2n) is 6.84. The second kappa shape index (κ2) is 7.24. The van der Waals surface area contributed by atoms with Crippen molar-refractivity contribution in [3.63, 3.8) is 0 Å². The molecule has 2 amide bonds. The molecule has 1 aliphatic heterocycles. The van der Waals surface area contributed by atoms with E-state index in [1.807, 2.05) is 25.1 Å². The molecule has 1 atom stereocenters. The summed E-state index contributed by atoms with van der Waals surface area (Å²) in [5.74, 6) is -0.704. The lowest BCUT2D eigenvalue weighted by molar-refractivity contribution is -0.122. The highest BCUT2D eigenvalue weighted by atomic mass is 79.9. The summed E-state index contributed by atoms with van der Waals surface area (Å²) in [4.78, 5) is 38.0. The van der Waals surface area contributed by atoms with Gasteiger partial charge in [0.15, 0.2) is 0 Å². The number of rotatable bonds is 3. The number of aryl methyl sites for hydroxylation is 1. The van der Waals surface area contributed by atoms with Gasteiger partial charge in [-0.15, -0.1) is 0 Å². The summed E-state index contributed by atoms with van der Waals surface area (Å²) in [6, 6.07) is 13.7. The first-order valence-corrected chi connectivity index (χ1v) is 9.61. The largest absolute Gasteiger partial charge is 0.423 e. The summed E-state index contributed by atoms with van der Waals surface area (Å²) in [5, 5.41) is 3.57. The maximum Gasteiger partial charge on any atom is 0.336 e. The van der Waals surface area contributed by atoms with Gasteiger partial charge in [-0.1, -0.05) is 15.9 Å². The highest BCUT2D eigenvalue weighted by molar-refractivity contribution is 9.10. The number of anilines is 2. The van der Waals surface area contributed by atoms with Crippen LogP contribution in [0, 0.1) is 12.8 Å². The average molecular weight is 441 g/mol. The number of hydrogen-bond acceptors (Lipinski definition) is 4. The van der Waals surface area contributed by atoms with Crippen LogP contribution in [0.15, 0.2) is 62.2 Å². The van der Waals surface area contributed by atoms with Gasteiger partial charge in [-0.2, -0.15) is 0 Å². The van der Waals surface area contributed by atoms with E-state index in [4.69, 9.17) is 4.42 Å². The molecule has 0 spiro atoms. The van der Waals surface area contributed by atoms with Crippen LogP contribution in [-0.4, -0.2) is 18.4 Å². The van der Waals surface area contributed by atoms with Crippen molar-refractivity contribution < 1.29 is 14.0 Å². The molecular weight excluding hydrogens is 424 g/mol. The zero-order valence-corrected chi connectivity index (χ0v) is 16.7. The molecule has 1 fully saturated rings. The lowest BCUT2D eigenvalue weighted by atomic mass is 10.1. The highest BCUT2D eigenvalue weighted by Crippen LogP contribution is 2.29. The van der Waals surface area contributed by atoms with Crippen molar-refractivity contribution in [2.24, 2.45) is 5.92 Å². The molecule has 0 bridgehead atoms. The monoisotopic (exact) mass is 440 g/mol. The lowest BCUT2D eigenvalue weighted by Gasteiger charge is -2.18. The SMILES string of the molecule is Cc1cc(N2CC(C(=O)Nc3ccc4oc(=O)ccc4c3)CC2=O)ccc1Br. The average Bonchev–Trinajstić information content (AvgIpc) is 3.06. The fourth-order valence-electron chi connectivity index (χ4n) is 3.32. The molecule has 0 aliphatic carbocycles. The standard InChI is InChI=1S/C21H17BrN2O4/c1-12-8-16(4-5-17(12)22)24-11-14(10-19(24)25)21(27)23-15-3-6-18-13(9-15)2-7-20(26)28-18/h2-9,14H,10-11H2,1H3,(H,23,27). The Labute approximate surface area is 169 Å². The smallest absolute Gasteiger partial charge is 0.336 e. The van der Waals surface area contributed by atoms with Gasteiger partial charge < -0.3 is 14.6 Å². The molecule has 1 saturated heterocycles. The van der Waals surface area contributed by atoms with Crippen molar-refractivity contribution in [3.05, 3.63) is 69.0 Å². The van der Waals surface area contributed by atoms with E-state index in [-0.39, 0.29) is 18.2 Å². The van der Waals surface area contributed by atoms with Gasteiger partial charge in [0.2, 0.25) is 11.8 Å². The Morgan fingerprint density at radius 3 is 2.75 bits per heavy atom. The molecular formula is C21H17BrN2O4. The van der Waals surface area contributed by atoms with Crippen LogP contribution in [0.25, 0.3) is 11.0 Å². The molecule has 3 aromatic rings. The van der Waals surface area contributed by atoms with E-state index in [1.165, 1.54) is 6.07 Å². The molecule has 2 aromatic carbocycles. The molecule has 7 heteroatoms. The zero-order chi connectivity index (χ0) is 19.8. The van der Waals surface area contributed by atoms with Crippen molar-refractivity contribution >= 4 is 50.1 Å². The highest BCUT2D eigenvalue weighted by Gasteiger charge is 2.35. The Hall–Kier alpha value is -2.93. The summed E-state index contributed by atoms with van der Waals surface area (Å²) >= 11 is 3.45. The Morgan fingerprint density at radius 2 is 1.96 bits per heavy atom. The minimum absolute atomic E-state index is 0.0674. The normalized spacial score (nSPS) is 16.6. The number of nitrogens with zero attached hydrogens (tertiary/aromatic N) is 1. The molecule has 28 heavy (non-hydrogen) atoms. The minimum Gasteiger partial charge on any atom is -0.423 e. The first kappa shape index (κ1) is 18.4. The number of nitrogens with one attached hydrogen (secondary N) is 1. The summed E-state index contributed by atoms with van der Waals surface area (Å²) in [7, 11) is 0. The molecule has 1 N–H and O–H groups in total. The maximum atomic E-state index is 12.7. The zero-order valence-electron chi connectivity index (χ0n) is 15.1. The second-order valence-corrected chi connectivity index (χ2v) is 7.69. The van der Waals surface area contributed by atoms with Gasteiger partial charge in [-0.3, -0.25) is 9.59 Å². The van der Waals surface area contributed by atoms with Crippen LogP contribution in [0.3, 0.4) is 0 Å². The Bertz CT molecular complexity index is 1150. The van der Waals surface area contributed by atoms with E-state index in [9.17, 15) is 14.4 Å². The van der Waals surface area contributed by atoms with E-state index >= 15 is 0 Å². The third-order valence-electron chi connectivity index (χ3n) is 4.84. The lowest BCUT2D eigenvalue weighted by Crippen LogP contribution is -2.28. The van der Waals surface area contributed by atoms with E-state index in [0.29, 0.717) is 23.2 Å². The van der Waals surface area contributed by atoms with Gasteiger partial charge in [0, 0.05) is 40.3 Å². The molecule has 142 valence electrons. The van der Waals surface area contributed by atoms with Gasteiger partial charge in [0.05, 0.1) is 5.92 Å². The van der Waals surface area contributed by atoms with Crippen LogP contribution in [0.5, 0.6) is 0 Å². The van der Waals surface area contributed by atoms with E-state index < -0.39 is 11.5 Å². The predicted octanol–water partition coefficient (Wildman–Crippen LogP) is 3.86. The molecule has 4 rings (SSSR count). The molecule has 2 heterocycles. The van der Waals surface area contributed by atoms with Crippen LogP contribution in [0.1, 0.15) is 12.0 Å². The molecule has 0 saturated carbocycles. The van der Waals surface area contributed by atoms with Crippen molar-refractivity contribution in [1.82, 2.24) is 0 Å². The first-order chi connectivity index (χ1) is 13.4. The van der Waals surface area contributed by atoms with Gasteiger partial charge in [-0.25, -0.2) is 4.79 Å². The molecule has 6 nitrogen and oxygen atoms in total. The number of carbonyl (C=O) groups excluding carboxylic acids is 2. The Balaban J connectivity index is 1.49. The maximum absolute atomic E-state index is 12.7. The van der Waals surface area contributed by atoms with Crippen molar-refractivity contribution in [2.75, 3.05) is 16.8 Å².